The van der Waals surface area contributed by atoms with Gasteiger partial charge in [0.2, 0.25) is 5.91 Å². The molecular formula is C17H15F3N2O2S. The average Bonchev–Trinajstić information content (AvgIpc) is 2.59. The van der Waals surface area contributed by atoms with Crippen LogP contribution in [0.1, 0.15) is 29.3 Å². The van der Waals surface area contributed by atoms with Gasteiger partial charge in [-0.25, -0.2) is 4.98 Å². The third-order valence-electron chi connectivity index (χ3n) is 3.23. The Hall–Kier alpha value is -2.35. The summed E-state index contributed by atoms with van der Waals surface area (Å²) in [5, 5.41) is 3.02. The van der Waals surface area contributed by atoms with Gasteiger partial charge in [-0.1, -0.05) is 18.7 Å². The summed E-state index contributed by atoms with van der Waals surface area (Å²) in [6, 6.07) is 8.61. The van der Waals surface area contributed by atoms with E-state index in [1.54, 1.807) is 31.2 Å². The maximum Gasteiger partial charge on any atom is 0.417 e. The van der Waals surface area contributed by atoms with Crippen molar-refractivity contribution in [1.82, 2.24) is 4.98 Å². The Balaban J connectivity index is 1.92. The fourth-order valence-corrected chi connectivity index (χ4v) is 2.58. The van der Waals surface area contributed by atoms with Crippen molar-refractivity contribution in [2.24, 2.45) is 0 Å². The number of ketones is 1. The number of carbonyl (C=O) groups is 2. The first-order valence-corrected chi connectivity index (χ1v) is 8.37. The molecule has 0 saturated heterocycles. The summed E-state index contributed by atoms with van der Waals surface area (Å²) >= 11 is 1.06. The van der Waals surface area contributed by atoms with E-state index >= 15 is 0 Å². The summed E-state index contributed by atoms with van der Waals surface area (Å²) in [4.78, 5) is 27.1. The van der Waals surface area contributed by atoms with Gasteiger partial charge in [-0.05, 0) is 36.4 Å². The van der Waals surface area contributed by atoms with Crippen LogP contribution in [-0.4, -0.2) is 22.4 Å². The monoisotopic (exact) mass is 368 g/mol. The molecule has 1 N–H and O–H groups in total. The first-order valence-electron chi connectivity index (χ1n) is 7.38. The van der Waals surface area contributed by atoms with Gasteiger partial charge >= 0.3 is 6.18 Å². The summed E-state index contributed by atoms with van der Waals surface area (Å²) in [5.74, 6) is -0.248. The second-order valence-electron chi connectivity index (χ2n) is 5.07. The Morgan fingerprint density at radius 1 is 1.12 bits per heavy atom. The van der Waals surface area contributed by atoms with Gasteiger partial charge in [-0.2, -0.15) is 13.2 Å². The number of halogens is 3. The van der Waals surface area contributed by atoms with E-state index in [1.807, 2.05) is 0 Å². The molecule has 132 valence electrons. The quantitative estimate of drug-likeness (QED) is 0.606. The van der Waals surface area contributed by atoms with Gasteiger partial charge in [0, 0.05) is 23.9 Å². The van der Waals surface area contributed by atoms with Crippen LogP contribution in [-0.2, 0) is 11.0 Å². The minimum atomic E-state index is -4.43. The molecule has 0 saturated carbocycles. The van der Waals surface area contributed by atoms with Crippen molar-refractivity contribution in [2.75, 3.05) is 11.1 Å². The number of amides is 1. The zero-order valence-corrected chi connectivity index (χ0v) is 14.1. The maximum atomic E-state index is 12.5. The number of thioether (sulfide) groups is 1. The van der Waals surface area contributed by atoms with E-state index in [0.717, 1.165) is 24.0 Å². The van der Waals surface area contributed by atoms with Crippen LogP contribution in [0.5, 0.6) is 0 Å². The molecule has 1 aromatic heterocycles. The molecule has 25 heavy (non-hydrogen) atoms. The summed E-state index contributed by atoms with van der Waals surface area (Å²) < 4.78 is 37.4. The largest absolute Gasteiger partial charge is 0.417 e. The minimum absolute atomic E-state index is 0.0546. The van der Waals surface area contributed by atoms with Crippen LogP contribution in [0.4, 0.5) is 18.9 Å². The number of benzene rings is 1. The molecule has 8 heteroatoms. The lowest BCUT2D eigenvalue weighted by Crippen LogP contribution is -2.10. The lowest BCUT2D eigenvalue weighted by atomic mass is 10.1. The SMILES string of the molecule is CCC(=O)Nc1ccc(C(=O)CSc2ccc(C(F)(F)F)cn2)cc1. The molecule has 0 aliphatic carbocycles. The van der Waals surface area contributed by atoms with E-state index in [-0.39, 0.29) is 17.4 Å². The lowest BCUT2D eigenvalue weighted by molar-refractivity contribution is -0.137. The van der Waals surface area contributed by atoms with Gasteiger partial charge in [0.05, 0.1) is 16.3 Å². The van der Waals surface area contributed by atoms with Crippen molar-refractivity contribution in [3.05, 3.63) is 53.7 Å². The Morgan fingerprint density at radius 3 is 2.32 bits per heavy atom. The topological polar surface area (TPSA) is 59.1 Å². The van der Waals surface area contributed by atoms with Gasteiger partial charge < -0.3 is 5.32 Å². The Bertz CT molecular complexity index is 744. The molecule has 0 aliphatic rings. The van der Waals surface area contributed by atoms with Crippen molar-refractivity contribution in [3.63, 3.8) is 0 Å². The molecule has 0 fully saturated rings. The molecule has 0 unspecified atom stereocenters. The van der Waals surface area contributed by atoms with Gasteiger partial charge in [0.25, 0.3) is 0 Å². The number of hydrogen-bond donors (Lipinski definition) is 1. The summed E-state index contributed by atoms with van der Waals surface area (Å²) in [5.41, 5.74) is 0.224. The summed E-state index contributed by atoms with van der Waals surface area (Å²) in [6.07, 6.45) is -3.32. The highest BCUT2D eigenvalue weighted by atomic mass is 32.2. The highest BCUT2D eigenvalue weighted by Crippen LogP contribution is 2.29. The fourth-order valence-electron chi connectivity index (χ4n) is 1.85. The Kier molecular flexibility index (Phi) is 6.19. The molecule has 0 bridgehead atoms. The van der Waals surface area contributed by atoms with Crippen molar-refractivity contribution in [3.8, 4) is 0 Å². The summed E-state index contributed by atoms with van der Waals surface area (Å²) in [6.45, 7) is 1.74. The predicted octanol–water partition coefficient (Wildman–Crippen LogP) is 4.42. The van der Waals surface area contributed by atoms with E-state index < -0.39 is 11.7 Å². The van der Waals surface area contributed by atoms with E-state index in [9.17, 15) is 22.8 Å². The number of alkyl halides is 3. The van der Waals surface area contributed by atoms with Gasteiger partial charge in [-0.15, -0.1) is 0 Å². The fraction of sp³-hybridized carbons (Fsp3) is 0.235. The number of rotatable bonds is 6. The third kappa shape index (κ3) is 5.60. The number of nitrogens with one attached hydrogen (secondary N) is 1. The molecule has 2 rings (SSSR count). The van der Waals surface area contributed by atoms with Crippen molar-refractivity contribution >= 4 is 29.1 Å². The lowest BCUT2D eigenvalue weighted by Gasteiger charge is -2.07. The first kappa shape index (κ1) is 19.0. The van der Waals surface area contributed by atoms with Crippen LogP contribution in [0.15, 0.2) is 47.6 Å². The molecule has 0 aliphatic heterocycles. The maximum absolute atomic E-state index is 12.5. The normalized spacial score (nSPS) is 11.2. The van der Waals surface area contributed by atoms with Gasteiger partial charge in [-0.3, -0.25) is 9.59 Å². The zero-order chi connectivity index (χ0) is 18.4. The van der Waals surface area contributed by atoms with Crippen molar-refractivity contribution in [2.45, 2.75) is 24.5 Å². The van der Waals surface area contributed by atoms with E-state index in [2.05, 4.69) is 10.3 Å². The van der Waals surface area contributed by atoms with Crippen LogP contribution in [0.3, 0.4) is 0 Å². The number of hydrogen-bond acceptors (Lipinski definition) is 4. The standard InChI is InChI=1S/C17H15F3N2O2S/c1-2-15(24)22-13-6-3-11(4-7-13)14(23)10-25-16-8-5-12(9-21-16)17(18,19)20/h3-9H,2,10H2,1H3,(H,22,24). The van der Waals surface area contributed by atoms with Crippen LogP contribution in [0.2, 0.25) is 0 Å². The van der Waals surface area contributed by atoms with Crippen molar-refractivity contribution in [1.29, 1.82) is 0 Å². The smallest absolute Gasteiger partial charge is 0.326 e. The highest BCUT2D eigenvalue weighted by molar-refractivity contribution is 7.99. The second-order valence-corrected chi connectivity index (χ2v) is 6.07. The number of nitrogens with zero attached hydrogens (tertiary/aromatic N) is 1. The van der Waals surface area contributed by atoms with Gasteiger partial charge in [0.15, 0.2) is 5.78 Å². The average molecular weight is 368 g/mol. The predicted molar refractivity (Wildman–Crippen MR) is 89.7 cm³/mol. The number of pyridine rings is 1. The molecule has 1 aromatic carbocycles. The molecule has 1 heterocycles. The molecular weight excluding hydrogens is 353 g/mol. The third-order valence-corrected chi connectivity index (χ3v) is 4.17. The Labute approximate surface area is 146 Å². The summed E-state index contributed by atoms with van der Waals surface area (Å²) in [7, 11) is 0. The number of anilines is 1. The van der Waals surface area contributed by atoms with Crippen LogP contribution in [0, 0.1) is 0 Å². The van der Waals surface area contributed by atoms with E-state index in [1.165, 1.54) is 6.07 Å². The van der Waals surface area contributed by atoms with Crippen molar-refractivity contribution < 1.29 is 22.8 Å². The minimum Gasteiger partial charge on any atom is -0.326 e. The molecule has 1 amide bonds. The highest BCUT2D eigenvalue weighted by Gasteiger charge is 2.30. The molecule has 0 radical (unpaired) electrons. The van der Waals surface area contributed by atoms with E-state index in [4.69, 9.17) is 0 Å². The molecule has 0 spiro atoms. The number of aromatic nitrogens is 1. The molecule has 0 atom stereocenters. The number of Topliss-reactive ketones (excluding diaryl/α,β-unsaturated/α-hetero) is 1. The molecule has 2 aromatic rings. The first-order chi connectivity index (χ1) is 11.8. The van der Waals surface area contributed by atoms with Gasteiger partial charge in [0.1, 0.15) is 0 Å². The number of carbonyl (C=O) groups excluding carboxylic acids is 2. The zero-order valence-electron chi connectivity index (χ0n) is 13.3. The van der Waals surface area contributed by atoms with Crippen LogP contribution < -0.4 is 5.32 Å². The van der Waals surface area contributed by atoms with Crippen LogP contribution >= 0.6 is 11.8 Å². The van der Waals surface area contributed by atoms with E-state index in [0.29, 0.717) is 22.7 Å². The molecule has 4 nitrogen and oxygen atoms in total. The Morgan fingerprint density at radius 2 is 1.80 bits per heavy atom. The van der Waals surface area contributed by atoms with Crippen LogP contribution in [0.25, 0.3) is 0 Å². The second kappa shape index (κ2) is 8.15.